The molecular weight excluding hydrogens is 218 g/mol. The molecular formula is C11H17N5O. The standard InChI is InChI=1S/C11H17N5O/c1-2-16(3-4-17)6-8-5-13-10-9(8)14-7-15-11(10)12/h5,7,13,17H,2-4,6H2,1H3,(H2,12,14,15). The van der Waals surface area contributed by atoms with Gasteiger partial charge in [0, 0.05) is 24.8 Å². The number of nitrogen functional groups attached to an aromatic ring is 1. The van der Waals surface area contributed by atoms with E-state index in [2.05, 4.69) is 26.8 Å². The van der Waals surface area contributed by atoms with E-state index in [1.807, 2.05) is 6.20 Å². The predicted molar refractivity (Wildman–Crippen MR) is 66.3 cm³/mol. The van der Waals surface area contributed by atoms with Gasteiger partial charge in [0.2, 0.25) is 0 Å². The van der Waals surface area contributed by atoms with Crippen LogP contribution in [0.1, 0.15) is 12.5 Å². The number of aliphatic hydroxyl groups is 1. The molecule has 0 aliphatic rings. The van der Waals surface area contributed by atoms with Crippen molar-refractivity contribution in [1.82, 2.24) is 19.9 Å². The molecule has 2 aromatic rings. The second-order valence-corrected chi connectivity index (χ2v) is 3.89. The van der Waals surface area contributed by atoms with Crippen LogP contribution < -0.4 is 5.73 Å². The Labute approximate surface area is 99.5 Å². The molecule has 17 heavy (non-hydrogen) atoms. The van der Waals surface area contributed by atoms with Gasteiger partial charge in [-0.2, -0.15) is 0 Å². The molecule has 2 aromatic heterocycles. The molecule has 0 saturated carbocycles. The monoisotopic (exact) mass is 235 g/mol. The molecule has 0 saturated heterocycles. The minimum absolute atomic E-state index is 0.160. The first-order chi connectivity index (χ1) is 8.26. The second-order valence-electron chi connectivity index (χ2n) is 3.89. The van der Waals surface area contributed by atoms with Crippen LogP contribution in [0, 0.1) is 0 Å². The lowest BCUT2D eigenvalue weighted by atomic mass is 10.2. The van der Waals surface area contributed by atoms with Crippen LogP contribution in [0.4, 0.5) is 5.82 Å². The minimum Gasteiger partial charge on any atom is -0.395 e. The third-order valence-electron chi connectivity index (χ3n) is 2.83. The molecule has 2 rings (SSSR count). The van der Waals surface area contributed by atoms with E-state index in [1.54, 1.807) is 0 Å². The van der Waals surface area contributed by atoms with E-state index in [9.17, 15) is 0 Å². The highest BCUT2D eigenvalue weighted by Gasteiger charge is 2.10. The van der Waals surface area contributed by atoms with E-state index in [1.165, 1.54) is 6.33 Å². The van der Waals surface area contributed by atoms with E-state index in [0.717, 1.165) is 29.7 Å². The van der Waals surface area contributed by atoms with Gasteiger partial charge in [-0.05, 0) is 6.54 Å². The molecule has 0 fully saturated rings. The van der Waals surface area contributed by atoms with Gasteiger partial charge in [-0.3, -0.25) is 4.90 Å². The largest absolute Gasteiger partial charge is 0.395 e. The number of nitrogens with two attached hydrogens (primary N) is 1. The van der Waals surface area contributed by atoms with Crippen molar-refractivity contribution in [3.63, 3.8) is 0 Å². The van der Waals surface area contributed by atoms with Gasteiger partial charge in [-0.15, -0.1) is 0 Å². The summed E-state index contributed by atoms with van der Waals surface area (Å²) in [5.74, 6) is 0.464. The first kappa shape index (κ1) is 11.8. The summed E-state index contributed by atoms with van der Waals surface area (Å²) in [6.07, 6.45) is 3.37. The number of aliphatic hydroxyl groups excluding tert-OH is 1. The molecule has 0 aromatic carbocycles. The molecule has 0 aliphatic heterocycles. The second kappa shape index (κ2) is 5.11. The molecule has 0 spiro atoms. The summed E-state index contributed by atoms with van der Waals surface area (Å²) in [4.78, 5) is 13.4. The number of hydrogen-bond acceptors (Lipinski definition) is 5. The van der Waals surface area contributed by atoms with Crippen molar-refractivity contribution in [2.75, 3.05) is 25.4 Å². The summed E-state index contributed by atoms with van der Waals surface area (Å²) in [6, 6.07) is 0. The Balaban J connectivity index is 2.27. The predicted octanol–water partition coefficient (Wildman–Crippen LogP) is 0.354. The van der Waals surface area contributed by atoms with E-state index >= 15 is 0 Å². The zero-order valence-corrected chi connectivity index (χ0v) is 9.85. The molecule has 0 radical (unpaired) electrons. The summed E-state index contributed by atoms with van der Waals surface area (Å²) in [5.41, 5.74) is 8.46. The number of likely N-dealkylation sites (N-methyl/N-ethyl adjacent to an activating group) is 1. The summed E-state index contributed by atoms with van der Waals surface area (Å²) in [7, 11) is 0. The number of rotatable bonds is 5. The number of nitrogens with one attached hydrogen (secondary N) is 1. The Morgan fingerprint density at radius 2 is 2.29 bits per heavy atom. The van der Waals surface area contributed by atoms with Crippen LogP contribution in [0.25, 0.3) is 11.0 Å². The molecule has 2 heterocycles. The summed E-state index contributed by atoms with van der Waals surface area (Å²) >= 11 is 0. The van der Waals surface area contributed by atoms with Crippen LogP contribution in [-0.2, 0) is 6.54 Å². The lowest BCUT2D eigenvalue weighted by Gasteiger charge is -2.18. The van der Waals surface area contributed by atoms with Crippen molar-refractivity contribution >= 4 is 16.9 Å². The fourth-order valence-corrected chi connectivity index (χ4v) is 1.86. The molecule has 6 nitrogen and oxygen atoms in total. The molecule has 92 valence electrons. The fraction of sp³-hybridized carbons (Fsp3) is 0.455. The first-order valence-electron chi connectivity index (χ1n) is 5.66. The SMILES string of the molecule is CCN(CCO)Cc1c[nH]c2c(N)ncnc12. The lowest BCUT2D eigenvalue weighted by molar-refractivity contribution is 0.197. The van der Waals surface area contributed by atoms with E-state index in [0.29, 0.717) is 12.4 Å². The zero-order valence-electron chi connectivity index (χ0n) is 9.85. The van der Waals surface area contributed by atoms with E-state index < -0.39 is 0 Å². The average Bonchev–Trinajstić information content (AvgIpc) is 2.73. The molecule has 0 unspecified atom stereocenters. The Morgan fingerprint density at radius 3 is 3.00 bits per heavy atom. The van der Waals surface area contributed by atoms with Crippen molar-refractivity contribution in [3.8, 4) is 0 Å². The van der Waals surface area contributed by atoms with Crippen molar-refractivity contribution in [2.45, 2.75) is 13.5 Å². The van der Waals surface area contributed by atoms with Crippen LogP contribution in [-0.4, -0.2) is 44.7 Å². The van der Waals surface area contributed by atoms with Crippen LogP contribution in [0.15, 0.2) is 12.5 Å². The highest BCUT2D eigenvalue weighted by Crippen LogP contribution is 2.20. The first-order valence-corrected chi connectivity index (χ1v) is 5.66. The summed E-state index contributed by atoms with van der Waals surface area (Å²) in [6.45, 7) is 4.51. The Kier molecular flexibility index (Phi) is 3.55. The quantitative estimate of drug-likeness (QED) is 0.695. The number of aromatic nitrogens is 3. The maximum absolute atomic E-state index is 8.96. The van der Waals surface area contributed by atoms with Gasteiger partial charge in [0.15, 0.2) is 5.82 Å². The summed E-state index contributed by atoms with van der Waals surface area (Å²) in [5, 5.41) is 8.96. The Hall–Kier alpha value is -1.66. The number of fused-ring (bicyclic) bond motifs is 1. The number of H-pyrrole nitrogens is 1. The Bertz CT molecular complexity index is 496. The maximum atomic E-state index is 8.96. The number of aromatic amines is 1. The van der Waals surface area contributed by atoms with Gasteiger partial charge in [0.1, 0.15) is 11.8 Å². The molecule has 0 atom stereocenters. The third kappa shape index (κ3) is 2.37. The van der Waals surface area contributed by atoms with Gasteiger partial charge in [0.05, 0.1) is 12.1 Å². The minimum atomic E-state index is 0.160. The van der Waals surface area contributed by atoms with Crippen LogP contribution in [0.3, 0.4) is 0 Å². The number of anilines is 1. The highest BCUT2D eigenvalue weighted by atomic mass is 16.3. The number of nitrogens with zero attached hydrogens (tertiary/aromatic N) is 3. The van der Waals surface area contributed by atoms with Gasteiger partial charge in [-0.1, -0.05) is 6.92 Å². The zero-order chi connectivity index (χ0) is 12.3. The fourth-order valence-electron chi connectivity index (χ4n) is 1.86. The van der Waals surface area contributed by atoms with Gasteiger partial charge >= 0.3 is 0 Å². The van der Waals surface area contributed by atoms with Crippen LogP contribution in [0.2, 0.25) is 0 Å². The van der Waals surface area contributed by atoms with Gasteiger partial charge < -0.3 is 15.8 Å². The van der Waals surface area contributed by atoms with Gasteiger partial charge in [-0.25, -0.2) is 9.97 Å². The Morgan fingerprint density at radius 1 is 1.47 bits per heavy atom. The maximum Gasteiger partial charge on any atom is 0.151 e. The number of hydrogen-bond donors (Lipinski definition) is 3. The molecule has 0 amide bonds. The van der Waals surface area contributed by atoms with Crippen LogP contribution >= 0.6 is 0 Å². The third-order valence-corrected chi connectivity index (χ3v) is 2.83. The normalized spacial score (nSPS) is 11.5. The van der Waals surface area contributed by atoms with E-state index in [-0.39, 0.29) is 6.61 Å². The molecule has 0 aliphatic carbocycles. The lowest BCUT2D eigenvalue weighted by Crippen LogP contribution is -2.26. The van der Waals surface area contributed by atoms with Crippen molar-refractivity contribution < 1.29 is 5.11 Å². The highest BCUT2D eigenvalue weighted by molar-refractivity contribution is 5.86. The van der Waals surface area contributed by atoms with E-state index in [4.69, 9.17) is 10.8 Å². The summed E-state index contributed by atoms with van der Waals surface area (Å²) < 4.78 is 0. The van der Waals surface area contributed by atoms with Crippen molar-refractivity contribution in [2.24, 2.45) is 0 Å². The van der Waals surface area contributed by atoms with Crippen molar-refractivity contribution in [3.05, 3.63) is 18.1 Å². The van der Waals surface area contributed by atoms with Gasteiger partial charge in [0.25, 0.3) is 0 Å². The van der Waals surface area contributed by atoms with Crippen LogP contribution in [0.5, 0.6) is 0 Å². The smallest absolute Gasteiger partial charge is 0.151 e. The molecule has 0 bridgehead atoms. The average molecular weight is 235 g/mol. The molecule has 4 N–H and O–H groups in total. The topological polar surface area (TPSA) is 91.1 Å². The van der Waals surface area contributed by atoms with Crippen molar-refractivity contribution in [1.29, 1.82) is 0 Å². The molecule has 6 heteroatoms.